The van der Waals surface area contributed by atoms with Crippen LogP contribution in [0, 0.1) is 0 Å². The molecule has 0 aromatic heterocycles. The number of rotatable bonds is 7. The van der Waals surface area contributed by atoms with E-state index in [2.05, 4.69) is 8.95 Å². The fourth-order valence-electron chi connectivity index (χ4n) is 0.629. The maximum atomic E-state index is 10.8. The molecule has 0 unspecified atom stereocenters. The molecule has 8 heteroatoms. The summed E-state index contributed by atoms with van der Waals surface area (Å²) in [6, 6.07) is 0. The second-order valence-corrected chi connectivity index (χ2v) is 4.88. The zero-order chi connectivity index (χ0) is 10.3. The lowest BCUT2D eigenvalue weighted by Crippen LogP contribution is -2.24. The molecule has 0 aliphatic heterocycles. The first-order valence-electron chi connectivity index (χ1n) is 3.75. The highest BCUT2D eigenvalue weighted by atomic mass is 32.3. The predicted molar refractivity (Wildman–Crippen MR) is 48.3 cm³/mol. The van der Waals surface area contributed by atoms with Crippen molar-refractivity contribution in [2.45, 2.75) is 13.3 Å². The van der Waals surface area contributed by atoms with Crippen LogP contribution >= 0.6 is 0 Å². The van der Waals surface area contributed by atoms with E-state index < -0.39 is 21.1 Å². The summed E-state index contributed by atoms with van der Waals surface area (Å²) >= 11 is 0. The van der Waals surface area contributed by atoms with E-state index in [1.165, 1.54) is 0 Å². The van der Waals surface area contributed by atoms with Gasteiger partial charge in [-0.3, -0.25) is 0 Å². The SMILES string of the molecule is CCCNCCS(=O)(=O)O[SH](=O)=O. The van der Waals surface area contributed by atoms with Crippen LogP contribution in [0.3, 0.4) is 0 Å². The van der Waals surface area contributed by atoms with Crippen LogP contribution in [0.25, 0.3) is 0 Å². The Kier molecular flexibility index (Phi) is 6.21. The van der Waals surface area contributed by atoms with Crippen LogP contribution in [-0.4, -0.2) is 35.7 Å². The van der Waals surface area contributed by atoms with Crippen LogP contribution < -0.4 is 5.32 Å². The van der Waals surface area contributed by atoms with Gasteiger partial charge in [0.05, 0.1) is 5.75 Å². The molecule has 0 aromatic rings. The molecule has 0 aliphatic carbocycles. The van der Waals surface area contributed by atoms with Crippen LogP contribution in [0.5, 0.6) is 0 Å². The summed E-state index contributed by atoms with van der Waals surface area (Å²) in [6.45, 7) is 2.82. The number of thiol groups is 1. The fourth-order valence-corrected chi connectivity index (χ4v) is 2.06. The monoisotopic (exact) mass is 231 g/mol. The van der Waals surface area contributed by atoms with Crippen molar-refractivity contribution < 1.29 is 20.5 Å². The number of hydrogen-bond acceptors (Lipinski definition) is 6. The van der Waals surface area contributed by atoms with Gasteiger partial charge in [0.2, 0.25) is 0 Å². The third kappa shape index (κ3) is 8.16. The molecule has 0 heterocycles. The van der Waals surface area contributed by atoms with E-state index in [4.69, 9.17) is 0 Å². The first kappa shape index (κ1) is 12.8. The molecule has 0 atom stereocenters. The van der Waals surface area contributed by atoms with Crippen molar-refractivity contribution in [2.75, 3.05) is 18.8 Å². The van der Waals surface area contributed by atoms with Crippen LogP contribution in [-0.2, 0) is 24.7 Å². The van der Waals surface area contributed by atoms with Gasteiger partial charge >= 0.3 is 0 Å². The van der Waals surface area contributed by atoms with Gasteiger partial charge in [0.15, 0.2) is 0 Å². The van der Waals surface area contributed by atoms with Crippen molar-refractivity contribution in [1.82, 2.24) is 5.32 Å². The minimum Gasteiger partial charge on any atom is -0.316 e. The quantitative estimate of drug-likeness (QED) is 0.425. The van der Waals surface area contributed by atoms with E-state index in [0.717, 1.165) is 6.42 Å². The second-order valence-electron chi connectivity index (χ2n) is 2.31. The molecule has 0 rings (SSSR count). The number of hydrogen-bond donors (Lipinski definition) is 2. The van der Waals surface area contributed by atoms with Crippen LogP contribution in [0.2, 0.25) is 0 Å². The molecule has 0 aliphatic rings. The third-order valence-electron chi connectivity index (χ3n) is 1.13. The van der Waals surface area contributed by atoms with Gasteiger partial charge in [0, 0.05) is 6.54 Å². The first-order chi connectivity index (χ1) is 5.98. The first-order valence-corrected chi connectivity index (χ1v) is 6.42. The van der Waals surface area contributed by atoms with Gasteiger partial charge in [0.1, 0.15) is 0 Å². The third-order valence-corrected chi connectivity index (χ3v) is 3.23. The lowest BCUT2D eigenvalue weighted by molar-refractivity contribution is 0.475. The molecule has 0 spiro atoms. The van der Waals surface area contributed by atoms with E-state index in [1.807, 2.05) is 6.92 Å². The van der Waals surface area contributed by atoms with E-state index in [9.17, 15) is 16.8 Å². The average molecular weight is 231 g/mol. The van der Waals surface area contributed by atoms with Crippen molar-refractivity contribution in [3.8, 4) is 0 Å². The van der Waals surface area contributed by atoms with Crippen LogP contribution in [0.4, 0.5) is 0 Å². The summed E-state index contributed by atoms with van der Waals surface area (Å²) in [5.74, 6) is -0.337. The van der Waals surface area contributed by atoms with Gasteiger partial charge in [-0.15, -0.1) is 3.63 Å². The molecule has 0 fully saturated rings. The second kappa shape index (κ2) is 6.30. The van der Waals surface area contributed by atoms with Crippen molar-refractivity contribution in [2.24, 2.45) is 0 Å². The van der Waals surface area contributed by atoms with E-state index >= 15 is 0 Å². The Morgan fingerprint density at radius 2 is 1.92 bits per heavy atom. The zero-order valence-corrected chi connectivity index (χ0v) is 8.94. The van der Waals surface area contributed by atoms with Crippen molar-refractivity contribution in [1.29, 1.82) is 0 Å². The Morgan fingerprint density at radius 3 is 2.38 bits per heavy atom. The van der Waals surface area contributed by atoms with E-state index in [-0.39, 0.29) is 12.3 Å². The van der Waals surface area contributed by atoms with Crippen LogP contribution in [0.15, 0.2) is 0 Å². The van der Waals surface area contributed by atoms with Gasteiger partial charge in [-0.1, -0.05) is 6.92 Å². The molecule has 0 aromatic carbocycles. The van der Waals surface area contributed by atoms with Crippen molar-refractivity contribution in [3.63, 3.8) is 0 Å². The maximum Gasteiger partial charge on any atom is 0.282 e. The standard InChI is InChI=1S/C5H13NO5S2/c1-2-3-6-4-5-13(9,10)11-12(7)8/h6,12H,2-5H2,1H3. The summed E-state index contributed by atoms with van der Waals surface area (Å²) < 4.78 is 45.1. The molecule has 0 saturated carbocycles. The fraction of sp³-hybridized carbons (Fsp3) is 1.00. The lowest BCUT2D eigenvalue weighted by atomic mass is 10.5. The Labute approximate surface area is 79.6 Å². The molecule has 6 nitrogen and oxygen atoms in total. The van der Waals surface area contributed by atoms with E-state index in [0.29, 0.717) is 6.54 Å². The smallest absolute Gasteiger partial charge is 0.282 e. The van der Waals surface area contributed by atoms with Crippen molar-refractivity contribution in [3.05, 3.63) is 0 Å². The topological polar surface area (TPSA) is 89.5 Å². The largest absolute Gasteiger partial charge is 0.316 e. The molecular formula is C5H13NO5S2. The summed E-state index contributed by atoms with van der Waals surface area (Å²) in [6.07, 6.45) is 0.886. The predicted octanol–water partition coefficient (Wildman–Crippen LogP) is -1.14. The Morgan fingerprint density at radius 1 is 1.31 bits per heavy atom. The van der Waals surface area contributed by atoms with Gasteiger partial charge < -0.3 is 5.32 Å². The molecule has 0 amide bonds. The number of nitrogens with one attached hydrogen (secondary N) is 1. The normalized spacial score (nSPS) is 12.2. The molecule has 0 bridgehead atoms. The molecule has 80 valence electrons. The Hall–Kier alpha value is -0.180. The molecule has 13 heavy (non-hydrogen) atoms. The average Bonchev–Trinajstić information content (AvgIpc) is 1.95. The Balaban J connectivity index is 3.77. The maximum absolute atomic E-state index is 10.8. The summed E-state index contributed by atoms with van der Waals surface area (Å²) in [7, 11) is -7.25. The zero-order valence-electron chi connectivity index (χ0n) is 7.23. The summed E-state index contributed by atoms with van der Waals surface area (Å²) in [5, 5.41) is 2.81. The lowest BCUT2D eigenvalue weighted by Gasteiger charge is -2.01. The van der Waals surface area contributed by atoms with Crippen molar-refractivity contribution >= 4 is 21.1 Å². The highest BCUT2D eigenvalue weighted by Crippen LogP contribution is 1.91. The Bertz CT molecular complexity index is 286. The molecule has 0 saturated heterocycles. The summed E-state index contributed by atoms with van der Waals surface area (Å²) in [4.78, 5) is 0. The summed E-state index contributed by atoms with van der Waals surface area (Å²) in [5.41, 5.74) is 0. The van der Waals surface area contributed by atoms with Gasteiger partial charge in [-0.25, -0.2) is 8.42 Å². The highest BCUT2D eigenvalue weighted by molar-refractivity contribution is 7.93. The van der Waals surface area contributed by atoms with Gasteiger partial charge in [-0.2, -0.15) is 8.42 Å². The molecule has 0 radical (unpaired) electrons. The molecule has 1 N–H and O–H groups in total. The van der Waals surface area contributed by atoms with Gasteiger partial charge in [-0.05, 0) is 13.0 Å². The molecular weight excluding hydrogens is 218 g/mol. The van der Waals surface area contributed by atoms with Gasteiger partial charge in [0.25, 0.3) is 21.1 Å². The minimum absolute atomic E-state index is 0.194. The highest BCUT2D eigenvalue weighted by Gasteiger charge is 2.11. The van der Waals surface area contributed by atoms with Crippen LogP contribution in [0.1, 0.15) is 13.3 Å². The minimum atomic E-state index is -3.92. The van der Waals surface area contributed by atoms with E-state index in [1.54, 1.807) is 0 Å².